The van der Waals surface area contributed by atoms with Gasteiger partial charge in [-0.1, -0.05) is 13.0 Å². The molecule has 0 saturated carbocycles. The molecule has 2 aliphatic heterocycles. The third-order valence-electron chi connectivity index (χ3n) is 5.23. The van der Waals surface area contributed by atoms with Crippen LogP contribution in [-0.4, -0.2) is 34.7 Å². The fraction of sp³-hybridized carbons (Fsp3) is 0.368. The van der Waals surface area contributed by atoms with Gasteiger partial charge in [0.25, 0.3) is 0 Å². The van der Waals surface area contributed by atoms with E-state index < -0.39 is 10.1 Å². The number of benzene rings is 2. The van der Waals surface area contributed by atoms with Gasteiger partial charge in [0.2, 0.25) is 0 Å². The highest BCUT2D eigenvalue weighted by Gasteiger charge is 2.46. The molecule has 1 saturated heterocycles. The van der Waals surface area contributed by atoms with Crippen LogP contribution in [0.3, 0.4) is 0 Å². The average Bonchev–Trinajstić information content (AvgIpc) is 2.93. The largest absolute Gasteiger partial charge is 0.497 e. The Morgan fingerprint density at radius 1 is 1.19 bits per heavy atom. The van der Waals surface area contributed by atoms with Gasteiger partial charge in [0.1, 0.15) is 28.2 Å². The normalized spacial score (nSPS) is 24.3. The van der Waals surface area contributed by atoms with Gasteiger partial charge < -0.3 is 19.0 Å². The third kappa shape index (κ3) is 2.81. The Kier molecular flexibility index (Phi) is 4.08. The van der Waals surface area contributed by atoms with Gasteiger partial charge in [0.15, 0.2) is 0 Å². The van der Waals surface area contributed by atoms with Gasteiger partial charge in [-0.05, 0) is 43.3 Å². The first kappa shape index (κ1) is 17.2. The van der Waals surface area contributed by atoms with E-state index in [0.29, 0.717) is 5.75 Å². The lowest BCUT2D eigenvalue weighted by Gasteiger charge is -2.35. The van der Waals surface area contributed by atoms with Crippen molar-refractivity contribution in [3.05, 3.63) is 48.0 Å². The Balaban J connectivity index is 1.65. The van der Waals surface area contributed by atoms with Crippen molar-refractivity contribution in [1.82, 2.24) is 5.32 Å². The molecule has 0 aliphatic carbocycles. The van der Waals surface area contributed by atoms with Crippen LogP contribution in [-0.2, 0) is 15.5 Å². The van der Waals surface area contributed by atoms with E-state index in [9.17, 15) is 8.42 Å². The van der Waals surface area contributed by atoms with Gasteiger partial charge in [0, 0.05) is 23.6 Å². The maximum atomic E-state index is 12.6. The minimum Gasteiger partial charge on any atom is -0.497 e. The summed E-state index contributed by atoms with van der Waals surface area (Å²) in [6.07, 6.45) is 0.980. The van der Waals surface area contributed by atoms with Crippen molar-refractivity contribution in [2.75, 3.05) is 20.2 Å². The fourth-order valence-corrected chi connectivity index (χ4v) is 4.60. The molecule has 1 fully saturated rings. The number of rotatable bonds is 4. The van der Waals surface area contributed by atoms with Crippen molar-refractivity contribution >= 4 is 10.1 Å². The summed E-state index contributed by atoms with van der Waals surface area (Å²) in [5, 5.41) is 3.34. The molecule has 2 aromatic rings. The number of nitrogens with one attached hydrogen (secondary N) is 1. The first-order chi connectivity index (χ1) is 12.4. The lowest BCUT2D eigenvalue weighted by molar-refractivity contribution is 0.124. The van der Waals surface area contributed by atoms with Crippen LogP contribution in [0.25, 0.3) is 0 Å². The summed E-state index contributed by atoms with van der Waals surface area (Å²) in [6, 6.07) is 11.4. The van der Waals surface area contributed by atoms with E-state index in [0.717, 1.165) is 30.8 Å². The van der Waals surface area contributed by atoms with Crippen LogP contribution in [0.15, 0.2) is 47.4 Å². The molecular weight excluding hydrogens is 354 g/mol. The summed E-state index contributed by atoms with van der Waals surface area (Å²) in [5.41, 5.74) is 0.863. The SMILES string of the molecule is COc1cccc(S(=O)(=O)Oc2ccc3c(c2)C2(C)CCNCC2O3)c1. The molecule has 0 bridgehead atoms. The van der Waals surface area contributed by atoms with Crippen LogP contribution in [0.2, 0.25) is 0 Å². The maximum absolute atomic E-state index is 12.6. The Labute approximate surface area is 153 Å². The minimum absolute atomic E-state index is 0.0523. The minimum atomic E-state index is -3.95. The van der Waals surface area contributed by atoms with E-state index >= 15 is 0 Å². The quantitative estimate of drug-likeness (QED) is 0.828. The molecule has 0 aromatic heterocycles. The van der Waals surface area contributed by atoms with Crippen molar-refractivity contribution in [3.63, 3.8) is 0 Å². The number of methoxy groups -OCH3 is 1. The second-order valence-electron chi connectivity index (χ2n) is 6.85. The first-order valence-electron chi connectivity index (χ1n) is 8.53. The van der Waals surface area contributed by atoms with E-state index in [2.05, 4.69) is 12.2 Å². The van der Waals surface area contributed by atoms with Crippen LogP contribution < -0.4 is 19.0 Å². The predicted molar refractivity (Wildman–Crippen MR) is 96.5 cm³/mol. The molecule has 1 N–H and O–H groups in total. The summed E-state index contributed by atoms with van der Waals surface area (Å²) in [7, 11) is -2.46. The molecule has 138 valence electrons. The average molecular weight is 375 g/mol. The zero-order chi connectivity index (χ0) is 18.4. The van der Waals surface area contributed by atoms with E-state index in [-0.39, 0.29) is 22.2 Å². The van der Waals surface area contributed by atoms with Crippen molar-refractivity contribution in [2.24, 2.45) is 0 Å². The molecule has 2 unspecified atom stereocenters. The smallest absolute Gasteiger partial charge is 0.339 e. The predicted octanol–water partition coefficient (Wildman–Crippen LogP) is 2.47. The topological polar surface area (TPSA) is 73.9 Å². The van der Waals surface area contributed by atoms with Gasteiger partial charge >= 0.3 is 10.1 Å². The Morgan fingerprint density at radius 3 is 2.85 bits per heavy atom. The van der Waals surface area contributed by atoms with E-state index in [1.54, 1.807) is 30.3 Å². The lowest BCUT2D eigenvalue weighted by Crippen LogP contribution is -2.49. The van der Waals surface area contributed by atoms with Crippen LogP contribution in [0.1, 0.15) is 18.9 Å². The molecule has 26 heavy (non-hydrogen) atoms. The van der Waals surface area contributed by atoms with Crippen LogP contribution in [0, 0.1) is 0 Å². The maximum Gasteiger partial charge on any atom is 0.339 e. The number of piperidine rings is 1. The van der Waals surface area contributed by atoms with Crippen molar-refractivity contribution in [1.29, 1.82) is 0 Å². The number of hydrogen-bond acceptors (Lipinski definition) is 6. The monoisotopic (exact) mass is 375 g/mol. The molecule has 2 heterocycles. The van der Waals surface area contributed by atoms with Gasteiger partial charge in [-0.2, -0.15) is 8.42 Å². The summed E-state index contributed by atoms with van der Waals surface area (Å²) < 4.78 is 41.7. The number of hydrogen-bond donors (Lipinski definition) is 1. The zero-order valence-corrected chi connectivity index (χ0v) is 15.5. The zero-order valence-electron chi connectivity index (χ0n) is 14.7. The molecule has 2 aliphatic rings. The van der Waals surface area contributed by atoms with E-state index in [1.165, 1.54) is 19.2 Å². The molecule has 6 nitrogen and oxygen atoms in total. The Morgan fingerprint density at radius 2 is 2.04 bits per heavy atom. The highest BCUT2D eigenvalue weighted by Crippen LogP contribution is 2.47. The highest BCUT2D eigenvalue weighted by atomic mass is 32.2. The lowest BCUT2D eigenvalue weighted by atomic mass is 9.74. The van der Waals surface area contributed by atoms with Crippen molar-refractivity contribution in [3.8, 4) is 17.2 Å². The number of fused-ring (bicyclic) bond motifs is 3. The molecular formula is C19H21NO5S. The molecule has 4 rings (SSSR count). The van der Waals surface area contributed by atoms with Crippen LogP contribution in [0.4, 0.5) is 0 Å². The second-order valence-corrected chi connectivity index (χ2v) is 8.40. The van der Waals surface area contributed by atoms with Crippen LogP contribution >= 0.6 is 0 Å². The highest BCUT2D eigenvalue weighted by molar-refractivity contribution is 7.87. The first-order valence-corrected chi connectivity index (χ1v) is 9.94. The molecule has 0 spiro atoms. The summed E-state index contributed by atoms with van der Waals surface area (Å²) in [4.78, 5) is 0.0551. The van der Waals surface area contributed by atoms with E-state index in [4.69, 9.17) is 13.7 Å². The Bertz CT molecular complexity index is 943. The second kappa shape index (κ2) is 6.17. The third-order valence-corrected chi connectivity index (χ3v) is 6.48. The van der Waals surface area contributed by atoms with Gasteiger partial charge in [-0.15, -0.1) is 0 Å². The van der Waals surface area contributed by atoms with E-state index in [1.807, 2.05) is 0 Å². The molecule has 7 heteroatoms. The summed E-state index contributed by atoms with van der Waals surface area (Å²) in [6.45, 7) is 3.84. The van der Waals surface area contributed by atoms with Crippen molar-refractivity contribution < 1.29 is 22.1 Å². The molecule has 2 atom stereocenters. The fourth-order valence-electron chi connectivity index (χ4n) is 3.64. The summed E-state index contributed by atoms with van der Waals surface area (Å²) in [5.74, 6) is 1.55. The van der Waals surface area contributed by atoms with Gasteiger partial charge in [-0.25, -0.2) is 0 Å². The van der Waals surface area contributed by atoms with Gasteiger partial charge in [0.05, 0.1) is 7.11 Å². The molecule has 0 amide bonds. The standard InChI is InChI=1S/C19H21NO5S/c1-19-8-9-20-12-18(19)24-17-7-6-14(11-16(17)19)25-26(21,22)15-5-3-4-13(10-15)23-2/h3-7,10-11,18,20H,8-9,12H2,1-2H3. The number of ether oxygens (including phenoxy) is 2. The molecule has 2 aromatic carbocycles. The molecule has 0 radical (unpaired) electrons. The summed E-state index contributed by atoms with van der Waals surface area (Å²) >= 11 is 0. The van der Waals surface area contributed by atoms with Crippen molar-refractivity contribution in [2.45, 2.75) is 29.8 Å². The Hall–Kier alpha value is -2.25. The van der Waals surface area contributed by atoms with Gasteiger partial charge in [-0.3, -0.25) is 0 Å². The van der Waals surface area contributed by atoms with Crippen LogP contribution in [0.5, 0.6) is 17.2 Å².